The van der Waals surface area contributed by atoms with Gasteiger partial charge in [0.1, 0.15) is 5.78 Å². The van der Waals surface area contributed by atoms with Crippen LogP contribution in [0.1, 0.15) is 90.4 Å². The number of aliphatic hydroxyl groups is 2. The second kappa shape index (κ2) is 25.6. The monoisotopic (exact) mass is 792 g/mol. The van der Waals surface area contributed by atoms with E-state index >= 15 is 0 Å². The van der Waals surface area contributed by atoms with E-state index in [1.165, 1.54) is 11.8 Å². The van der Waals surface area contributed by atoms with Crippen LogP contribution in [0, 0.1) is 11.8 Å². The SMILES string of the molecule is CCOC(=O)CCCCOC(=O)C(CCCOC(=O)C(CCCO)COCCSCCC(=O)CCCCC(O)(P(C)(=O)O)P(=O)(O)O)CC1CO1. The highest BCUT2D eigenvalue weighted by atomic mass is 32.2. The number of ketones is 1. The van der Waals surface area contributed by atoms with Crippen LogP contribution in [0.5, 0.6) is 0 Å². The molecule has 5 unspecified atom stereocenters. The first-order valence-electron chi connectivity index (χ1n) is 17.5. The molecular weight excluding hydrogens is 734 g/mol. The number of hydrogen-bond acceptors (Lipinski definition) is 14. The van der Waals surface area contributed by atoms with Gasteiger partial charge in [0.2, 0.25) is 12.5 Å². The molecule has 0 bridgehead atoms. The number of unbranched alkanes of at least 4 members (excludes halogenated alkanes) is 2. The molecule has 0 saturated carbocycles. The van der Waals surface area contributed by atoms with Crippen LogP contribution >= 0.6 is 26.7 Å². The van der Waals surface area contributed by atoms with Crippen molar-refractivity contribution in [1.82, 2.24) is 0 Å². The van der Waals surface area contributed by atoms with Crippen LogP contribution in [0.15, 0.2) is 0 Å². The van der Waals surface area contributed by atoms with Crippen molar-refractivity contribution in [3.8, 4) is 0 Å². The molecule has 0 aliphatic carbocycles. The lowest BCUT2D eigenvalue weighted by molar-refractivity contribution is -0.151. The summed E-state index contributed by atoms with van der Waals surface area (Å²) in [7, 11) is -9.78. The highest BCUT2D eigenvalue weighted by Gasteiger charge is 2.56. The third kappa shape index (κ3) is 20.6. The van der Waals surface area contributed by atoms with E-state index in [-0.39, 0.29) is 82.4 Å². The second-order valence-corrected chi connectivity index (χ2v) is 18.5. The summed E-state index contributed by atoms with van der Waals surface area (Å²) in [4.78, 5) is 77.3. The van der Waals surface area contributed by atoms with Crippen LogP contribution < -0.4 is 0 Å². The van der Waals surface area contributed by atoms with E-state index in [0.717, 1.165) is 0 Å². The number of carbonyl (C=O) groups is 4. The summed E-state index contributed by atoms with van der Waals surface area (Å²) >= 11 is 1.47. The second-order valence-electron chi connectivity index (χ2n) is 12.6. The van der Waals surface area contributed by atoms with Crippen LogP contribution in [0.4, 0.5) is 0 Å². The van der Waals surface area contributed by atoms with Gasteiger partial charge >= 0.3 is 25.5 Å². The molecule has 0 spiro atoms. The first-order chi connectivity index (χ1) is 24.1. The van der Waals surface area contributed by atoms with Crippen molar-refractivity contribution in [3.05, 3.63) is 0 Å². The molecule has 1 aliphatic heterocycles. The third-order valence-electron chi connectivity index (χ3n) is 8.16. The average Bonchev–Trinajstić information content (AvgIpc) is 3.88. The molecule has 19 heteroatoms. The van der Waals surface area contributed by atoms with E-state index in [4.69, 9.17) is 23.7 Å². The Balaban J connectivity index is 2.30. The number of epoxide rings is 1. The Labute approximate surface area is 304 Å². The van der Waals surface area contributed by atoms with Gasteiger partial charge in [0.15, 0.2) is 0 Å². The van der Waals surface area contributed by atoms with Crippen molar-refractivity contribution in [1.29, 1.82) is 0 Å². The minimum absolute atomic E-state index is 0.0144. The van der Waals surface area contributed by atoms with E-state index in [9.17, 15) is 53.2 Å². The maximum Gasteiger partial charge on any atom is 0.366 e. The molecular formula is C32H58O16P2S. The van der Waals surface area contributed by atoms with Crippen LogP contribution in [-0.4, -0.2) is 124 Å². The number of ether oxygens (including phenoxy) is 5. The van der Waals surface area contributed by atoms with Crippen LogP contribution in [0.2, 0.25) is 0 Å². The number of aliphatic hydroxyl groups excluding tert-OH is 1. The first-order valence-corrected chi connectivity index (χ1v) is 22.4. The predicted molar refractivity (Wildman–Crippen MR) is 188 cm³/mol. The Morgan fingerprint density at radius 1 is 0.843 bits per heavy atom. The summed E-state index contributed by atoms with van der Waals surface area (Å²) in [6.07, 6.45) is 3.51. The topological polar surface area (TPSA) is 253 Å². The van der Waals surface area contributed by atoms with Crippen molar-refractivity contribution in [2.24, 2.45) is 11.8 Å². The van der Waals surface area contributed by atoms with Gasteiger partial charge in [-0.2, -0.15) is 11.8 Å². The molecule has 0 aromatic heterocycles. The first kappa shape index (κ1) is 47.6. The number of rotatable bonds is 32. The van der Waals surface area contributed by atoms with E-state index in [1.54, 1.807) is 6.92 Å². The van der Waals surface area contributed by atoms with Crippen molar-refractivity contribution in [3.63, 3.8) is 0 Å². The molecule has 0 aromatic carbocycles. The smallest absolute Gasteiger partial charge is 0.366 e. The summed E-state index contributed by atoms with van der Waals surface area (Å²) in [5.74, 6) is -1.07. The number of esters is 3. The number of hydrogen-bond donors (Lipinski definition) is 5. The van der Waals surface area contributed by atoms with Gasteiger partial charge < -0.3 is 48.6 Å². The fraction of sp³-hybridized carbons (Fsp3) is 0.875. The minimum Gasteiger partial charge on any atom is -0.466 e. The summed E-state index contributed by atoms with van der Waals surface area (Å²) in [6, 6.07) is 0. The van der Waals surface area contributed by atoms with E-state index in [2.05, 4.69) is 0 Å². The summed E-state index contributed by atoms with van der Waals surface area (Å²) < 4.78 is 50.1. The zero-order valence-corrected chi connectivity index (χ0v) is 32.4. The van der Waals surface area contributed by atoms with Crippen molar-refractivity contribution in [2.75, 3.05) is 64.4 Å². The molecule has 51 heavy (non-hydrogen) atoms. The van der Waals surface area contributed by atoms with Gasteiger partial charge in [0, 0.05) is 44.0 Å². The Hall–Kier alpha value is -1.39. The summed E-state index contributed by atoms with van der Waals surface area (Å²) in [6.45, 7) is 3.99. The molecule has 0 aromatic rings. The number of thioether (sulfide) groups is 1. The van der Waals surface area contributed by atoms with Gasteiger partial charge in [-0.15, -0.1) is 0 Å². The molecule has 0 amide bonds. The van der Waals surface area contributed by atoms with Gasteiger partial charge in [-0.3, -0.25) is 28.3 Å². The summed E-state index contributed by atoms with van der Waals surface area (Å²) in [5.41, 5.74) is 0. The molecule has 0 radical (unpaired) electrons. The third-order valence-corrected chi connectivity index (χ3v) is 13.7. The molecule has 5 atom stereocenters. The van der Waals surface area contributed by atoms with Gasteiger partial charge in [-0.05, 0) is 71.1 Å². The van der Waals surface area contributed by atoms with Crippen molar-refractivity contribution >= 4 is 50.4 Å². The molecule has 5 N–H and O–H groups in total. The van der Waals surface area contributed by atoms with Gasteiger partial charge in [0.05, 0.1) is 57.6 Å². The number of Topliss-reactive ketones (excluding diaryl/α,β-unsaturated/α-hetero) is 1. The fourth-order valence-electron chi connectivity index (χ4n) is 5.01. The van der Waals surface area contributed by atoms with Gasteiger partial charge in [0.25, 0.3) is 0 Å². The molecule has 298 valence electrons. The zero-order chi connectivity index (χ0) is 38.3. The maximum absolute atomic E-state index is 12.8. The number of carbonyl (C=O) groups excluding carboxylic acids is 4. The summed E-state index contributed by atoms with van der Waals surface area (Å²) in [5, 5.41) is 16.3. The Morgan fingerprint density at radius 2 is 1.47 bits per heavy atom. The molecule has 1 heterocycles. The van der Waals surface area contributed by atoms with Crippen LogP contribution in [-0.2, 0) is 52.0 Å². The molecule has 1 aliphatic rings. The standard InChI is InChI=1S/C32H58O16P2S/c1-3-45-29(35)13-5-7-17-46-30(36)25(22-28-24-48-28)11-9-18-47-31(37)26(10-8-16-33)23-44-19-21-51-20-14-27(34)12-4-6-15-32(38,49(2,39)40)50(41,42)43/h25-26,28,33,38H,3-24H2,1-2H3,(H,39,40)(H2,41,42,43). The average molecular weight is 793 g/mol. The largest absolute Gasteiger partial charge is 0.466 e. The maximum atomic E-state index is 12.8. The van der Waals surface area contributed by atoms with E-state index in [0.29, 0.717) is 82.9 Å². The molecule has 16 nitrogen and oxygen atoms in total. The minimum atomic E-state index is -5.27. The molecule has 1 saturated heterocycles. The normalized spacial score (nSPS) is 17.8. The van der Waals surface area contributed by atoms with Crippen molar-refractivity contribution in [2.45, 2.75) is 102 Å². The van der Waals surface area contributed by atoms with E-state index in [1.807, 2.05) is 0 Å². The molecule has 1 fully saturated rings. The Morgan fingerprint density at radius 3 is 2.08 bits per heavy atom. The molecule has 1 rings (SSSR count). The van der Waals surface area contributed by atoms with Gasteiger partial charge in [-0.1, -0.05) is 0 Å². The van der Waals surface area contributed by atoms with Gasteiger partial charge in [-0.25, -0.2) is 0 Å². The highest BCUT2D eigenvalue weighted by Crippen LogP contribution is 2.69. The quantitative estimate of drug-likeness (QED) is 0.0215. The van der Waals surface area contributed by atoms with Crippen LogP contribution in [0.3, 0.4) is 0 Å². The highest BCUT2D eigenvalue weighted by molar-refractivity contribution is 7.99. The lowest BCUT2D eigenvalue weighted by atomic mass is 9.98. The lowest BCUT2D eigenvalue weighted by Crippen LogP contribution is -2.28. The van der Waals surface area contributed by atoms with E-state index < -0.39 is 44.3 Å². The predicted octanol–water partition coefficient (Wildman–Crippen LogP) is 3.37. The van der Waals surface area contributed by atoms with Crippen LogP contribution in [0.25, 0.3) is 0 Å². The fourth-order valence-corrected chi connectivity index (χ4v) is 8.78. The lowest BCUT2D eigenvalue weighted by Gasteiger charge is -2.30. The Bertz CT molecular complexity index is 1120. The Kier molecular flexibility index (Phi) is 23.9. The van der Waals surface area contributed by atoms with Crippen molar-refractivity contribution < 1.29 is 76.9 Å². The zero-order valence-electron chi connectivity index (χ0n) is 29.8.